The molecule has 0 atom stereocenters. The highest BCUT2D eigenvalue weighted by Crippen LogP contribution is 2.30. The monoisotopic (exact) mass is 296 g/mol. The molecule has 3 aromatic rings. The summed E-state index contributed by atoms with van der Waals surface area (Å²) < 4.78 is 11.0. The molecule has 2 aromatic heterocycles. The lowest BCUT2D eigenvalue weighted by atomic mass is 10.2. The van der Waals surface area contributed by atoms with E-state index in [4.69, 9.17) is 9.15 Å². The van der Waals surface area contributed by atoms with Crippen LogP contribution in [0.25, 0.3) is 22.6 Å². The predicted octanol–water partition coefficient (Wildman–Crippen LogP) is 4.27. The maximum Gasteiger partial charge on any atom is 0.176 e. The lowest BCUT2D eigenvalue weighted by Gasteiger charge is -1.98. The number of furan rings is 1. The number of methoxy groups -OCH3 is 1. The van der Waals surface area contributed by atoms with Crippen molar-refractivity contribution in [1.82, 2.24) is 4.98 Å². The zero-order valence-corrected chi connectivity index (χ0v) is 12.4. The maximum absolute atomic E-state index is 9.31. The third-order valence-corrected chi connectivity index (χ3v) is 4.00. The fourth-order valence-corrected chi connectivity index (χ4v) is 2.81. The van der Waals surface area contributed by atoms with E-state index in [0.717, 1.165) is 11.1 Å². The van der Waals surface area contributed by atoms with E-state index in [0.29, 0.717) is 27.7 Å². The molecule has 0 aliphatic rings. The van der Waals surface area contributed by atoms with Crippen LogP contribution in [-0.2, 0) is 0 Å². The quantitative estimate of drug-likeness (QED) is 0.677. The zero-order valence-electron chi connectivity index (χ0n) is 11.6. The lowest BCUT2D eigenvalue weighted by molar-refractivity contribution is 0.410. The van der Waals surface area contributed by atoms with Gasteiger partial charge in [0.2, 0.25) is 0 Å². The summed E-state index contributed by atoms with van der Waals surface area (Å²) in [6.07, 6.45) is 1.71. The van der Waals surface area contributed by atoms with Gasteiger partial charge in [-0.15, -0.1) is 11.3 Å². The Labute approximate surface area is 125 Å². The van der Waals surface area contributed by atoms with Crippen LogP contribution < -0.4 is 4.74 Å². The SMILES string of the molecule is COc1cccc2cc(/C=C(\C#N)c3nc(C)cs3)oc12. The Morgan fingerprint density at radius 3 is 3.00 bits per heavy atom. The Bertz CT molecular complexity index is 868. The van der Waals surface area contributed by atoms with Gasteiger partial charge >= 0.3 is 0 Å². The number of fused-ring (bicyclic) bond motifs is 1. The van der Waals surface area contributed by atoms with Crippen LogP contribution in [0.1, 0.15) is 16.5 Å². The van der Waals surface area contributed by atoms with Gasteiger partial charge in [0.1, 0.15) is 16.8 Å². The van der Waals surface area contributed by atoms with Crippen molar-refractivity contribution in [1.29, 1.82) is 5.26 Å². The summed E-state index contributed by atoms with van der Waals surface area (Å²) in [5.41, 5.74) is 2.08. The number of benzene rings is 1. The summed E-state index contributed by atoms with van der Waals surface area (Å²) in [5.74, 6) is 1.29. The summed E-state index contributed by atoms with van der Waals surface area (Å²) in [7, 11) is 1.60. The van der Waals surface area contributed by atoms with Gasteiger partial charge in [0.15, 0.2) is 11.3 Å². The van der Waals surface area contributed by atoms with Gasteiger partial charge < -0.3 is 9.15 Å². The normalized spacial score (nSPS) is 11.6. The highest BCUT2D eigenvalue weighted by Gasteiger charge is 2.10. The average molecular weight is 296 g/mol. The van der Waals surface area contributed by atoms with E-state index in [-0.39, 0.29) is 0 Å². The molecular weight excluding hydrogens is 284 g/mol. The molecule has 2 heterocycles. The van der Waals surface area contributed by atoms with Crippen molar-refractivity contribution in [2.75, 3.05) is 7.11 Å². The number of hydrogen-bond acceptors (Lipinski definition) is 5. The number of nitriles is 1. The van der Waals surface area contributed by atoms with E-state index >= 15 is 0 Å². The van der Waals surface area contributed by atoms with Crippen molar-refractivity contribution in [2.45, 2.75) is 6.92 Å². The summed E-state index contributed by atoms with van der Waals surface area (Å²) in [5, 5.41) is 12.9. The second-order valence-electron chi connectivity index (χ2n) is 4.49. The molecule has 21 heavy (non-hydrogen) atoms. The first-order valence-electron chi connectivity index (χ1n) is 6.32. The first-order valence-corrected chi connectivity index (χ1v) is 7.20. The highest BCUT2D eigenvalue weighted by atomic mass is 32.1. The van der Waals surface area contributed by atoms with Crippen molar-refractivity contribution in [3.05, 3.63) is 46.1 Å². The van der Waals surface area contributed by atoms with Gasteiger partial charge in [0, 0.05) is 22.5 Å². The molecule has 0 unspecified atom stereocenters. The minimum Gasteiger partial charge on any atom is -0.493 e. The van der Waals surface area contributed by atoms with Crippen LogP contribution in [0.4, 0.5) is 0 Å². The van der Waals surface area contributed by atoms with Crippen LogP contribution in [0.3, 0.4) is 0 Å². The zero-order chi connectivity index (χ0) is 14.8. The van der Waals surface area contributed by atoms with Crippen molar-refractivity contribution in [2.24, 2.45) is 0 Å². The Kier molecular flexibility index (Phi) is 3.46. The van der Waals surface area contributed by atoms with Gasteiger partial charge in [-0.1, -0.05) is 12.1 Å². The molecule has 0 fully saturated rings. The molecule has 1 aromatic carbocycles. The van der Waals surface area contributed by atoms with Crippen LogP contribution in [-0.4, -0.2) is 12.1 Å². The maximum atomic E-state index is 9.31. The van der Waals surface area contributed by atoms with Gasteiger partial charge in [0.25, 0.3) is 0 Å². The second kappa shape index (κ2) is 5.43. The fourth-order valence-electron chi connectivity index (χ4n) is 2.05. The van der Waals surface area contributed by atoms with E-state index in [2.05, 4.69) is 11.1 Å². The van der Waals surface area contributed by atoms with Gasteiger partial charge in [-0.05, 0) is 19.1 Å². The number of nitrogens with zero attached hydrogens (tertiary/aromatic N) is 2. The molecule has 0 aliphatic heterocycles. The summed E-state index contributed by atoms with van der Waals surface area (Å²) in [6, 6.07) is 9.74. The van der Waals surface area contributed by atoms with Crippen LogP contribution in [0, 0.1) is 18.3 Å². The van der Waals surface area contributed by atoms with Gasteiger partial charge in [0.05, 0.1) is 12.7 Å². The topological polar surface area (TPSA) is 59.0 Å². The third kappa shape index (κ3) is 2.54. The fraction of sp³-hybridized carbons (Fsp3) is 0.125. The lowest BCUT2D eigenvalue weighted by Crippen LogP contribution is -1.81. The van der Waals surface area contributed by atoms with Crippen LogP contribution in [0.15, 0.2) is 34.1 Å². The molecule has 0 bridgehead atoms. The molecule has 0 spiro atoms. The summed E-state index contributed by atoms with van der Waals surface area (Å²) in [4.78, 5) is 4.33. The molecule has 104 valence electrons. The van der Waals surface area contributed by atoms with Crippen LogP contribution in [0.5, 0.6) is 5.75 Å². The van der Waals surface area contributed by atoms with E-state index in [1.165, 1.54) is 11.3 Å². The Hall–Kier alpha value is -2.58. The standard InChI is InChI=1S/C16H12N2O2S/c1-10-9-21-16(18-10)12(8-17)7-13-6-11-4-3-5-14(19-2)15(11)20-13/h3-7,9H,1-2H3/b12-7+. The Morgan fingerprint density at radius 1 is 1.48 bits per heavy atom. The van der Waals surface area contributed by atoms with Crippen molar-refractivity contribution >= 4 is 34.0 Å². The van der Waals surface area contributed by atoms with E-state index in [1.807, 2.05) is 36.6 Å². The van der Waals surface area contributed by atoms with Crippen molar-refractivity contribution in [3.8, 4) is 11.8 Å². The number of rotatable bonds is 3. The number of thiazole rings is 1. The van der Waals surface area contributed by atoms with Crippen molar-refractivity contribution < 1.29 is 9.15 Å². The number of aryl methyl sites for hydroxylation is 1. The van der Waals surface area contributed by atoms with Crippen LogP contribution in [0.2, 0.25) is 0 Å². The molecule has 0 N–H and O–H groups in total. The average Bonchev–Trinajstić information content (AvgIpc) is 3.09. The van der Waals surface area contributed by atoms with Gasteiger partial charge in [-0.3, -0.25) is 0 Å². The molecule has 0 saturated heterocycles. The molecule has 4 nitrogen and oxygen atoms in total. The van der Waals surface area contributed by atoms with Gasteiger partial charge in [-0.25, -0.2) is 4.98 Å². The molecule has 0 aliphatic carbocycles. The summed E-state index contributed by atoms with van der Waals surface area (Å²) >= 11 is 1.45. The molecular formula is C16H12N2O2S. The molecule has 5 heteroatoms. The number of ether oxygens (including phenoxy) is 1. The first kappa shape index (κ1) is 13.4. The minimum atomic E-state index is 0.492. The number of aromatic nitrogens is 1. The summed E-state index contributed by atoms with van der Waals surface area (Å²) in [6.45, 7) is 1.90. The second-order valence-corrected chi connectivity index (χ2v) is 5.35. The molecule has 3 rings (SSSR count). The number of hydrogen-bond donors (Lipinski definition) is 0. The minimum absolute atomic E-state index is 0.492. The molecule has 0 amide bonds. The van der Waals surface area contributed by atoms with E-state index in [9.17, 15) is 5.26 Å². The van der Waals surface area contributed by atoms with Crippen LogP contribution >= 0.6 is 11.3 Å². The first-order chi connectivity index (χ1) is 10.2. The number of para-hydroxylation sites is 1. The van der Waals surface area contributed by atoms with E-state index in [1.54, 1.807) is 13.2 Å². The molecule has 0 radical (unpaired) electrons. The smallest absolute Gasteiger partial charge is 0.176 e. The molecule has 0 saturated carbocycles. The largest absolute Gasteiger partial charge is 0.493 e. The predicted molar refractivity (Wildman–Crippen MR) is 83.1 cm³/mol. The van der Waals surface area contributed by atoms with Gasteiger partial charge in [-0.2, -0.15) is 5.26 Å². The Morgan fingerprint density at radius 2 is 2.33 bits per heavy atom. The third-order valence-electron chi connectivity index (χ3n) is 3.00. The van der Waals surface area contributed by atoms with E-state index < -0.39 is 0 Å². The number of allylic oxidation sites excluding steroid dienone is 1. The highest BCUT2D eigenvalue weighted by molar-refractivity contribution is 7.11. The Balaban J connectivity index is 2.08. The van der Waals surface area contributed by atoms with Crippen molar-refractivity contribution in [3.63, 3.8) is 0 Å².